The predicted molar refractivity (Wildman–Crippen MR) is 49.6 cm³/mol. The largest absolute Gasteiger partial charge is 0.399 e. The normalized spacial score (nSPS) is 10.0. The lowest BCUT2D eigenvalue weighted by atomic mass is 10.2. The number of hydrogen-bond acceptors (Lipinski definition) is 3. The van der Waals surface area contributed by atoms with Gasteiger partial charge in [0.25, 0.3) is 5.24 Å². The van der Waals surface area contributed by atoms with Gasteiger partial charge < -0.3 is 5.73 Å². The van der Waals surface area contributed by atoms with Crippen LogP contribution in [0.2, 0.25) is 0 Å². The fraction of sp³-hybridized carbons (Fsp3) is 0.125. The highest BCUT2D eigenvalue weighted by Gasteiger charge is 2.12. The molecule has 1 aromatic rings. The van der Waals surface area contributed by atoms with Crippen LogP contribution in [0.3, 0.4) is 0 Å². The lowest BCUT2D eigenvalue weighted by molar-refractivity contribution is -0.830. The van der Waals surface area contributed by atoms with Gasteiger partial charge in [0.2, 0.25) is 0 Å². The second-order valence-corrected chi connectivity index (χ2v) is 2.82. The van der Waals surface area contributed by atoms with Gasteiger partial charge in [-0.15, -0.1) is 0 Å². The molecule has 0 atom stereocenters. The highest BCUT2D eigenvalue weighted by atomic mass is 35.5. The minimum atomic E-state index is -0.525. The van der Waals surface area contributed by atoms with E-state index in [-0.39, 0.29) is 0 Å². The number of benzene rings is 1. The van der Waals surface area contributed by atoms with Crippen molar-refractivity contribution in [3.63, 3.8) is 0 Å². The molecule has 0 bridgehead atoms. The van der Waals surface area contributed by atoms with Crippen LogP contribution >= 0.6 is 11.6 Å². The van der Waals surface area contributed by atoms with Gasteiger partial charge in [-0.2, -0.15) is 5.48 Å². The number of carbonyl (C=O) groups excluding carboxylic acids is 1. The first-order valence-electron chi connectivity index (χ1n) is 3.60. The summed E-state index contributed by atoms with van der Waals surface area (Å²) in [5.74, 6) is 0. The molecular weight excluding hydrogens is 192 g/mol. The van der Waals surface area contributed by atoms with Gasteiger partial charge in [0.05, 0.1) is 12.7 Å². The number of rotatable bonds is 3. The van der Waals surface area contributed by atoms with E-state index in [1.807, 2.05) is 0 Å². The van der Waals surface area contributed by atoms with Crippen LogP contribution < -0.4 is 11.2 Å². The Bertz CT molecular complexity index is 328. The van der Waals surface area contributed by atoms with Gasteiger partial charge >= 0.3 is 0 Å². The van der Waals surface area contributed by atoms with Gasteiger partial charge in [-0.05, 0) is 23.7 Å². The van der Waals surface area contributed by atoms with Crippen LogP contribution in [0.1, 0.15) is 10.4 Å². The highest BCUT2D eigenvalue weighted by Crippen LogP contribution is 2.16. The topological polar surface area (TPSA) is 68.9 Å². The zero-order valence-electron chi connectivity index (χ0n) is 7.08. The van der Waals surface area contributed by atoms with Crippen molar-refractivity contribution in [2.45, 2.75) is 0 Å². The summed E-state index contributed by atoms with van der Waals surface area (Å²) in [5.41, 5.74) is 8.48. The first kappa shape index (κ1) is 9.98. The summed E-state index contributed by atoms with van der Waals surface area (Å²) in [7, 11) is 1.49. The van der Waals surface area contributed by atoms with Crippen LogP contribution in [-0.4, -0.2) is 12.4 Å². The van der Waals surface area contributed by atoms with Gasteiger partial charge in [-0.25, -0.2) is 4.84 Å². The lowest BCUT2D eigenvalue weighted by Crippen LogP contribution is -2.76. The van der Waals surface area contributed by atoms with E-state index in [1.165, 1.54) is 12.6 Å². The summed E-state index contributed by atoms with van der Waals surface area (Å²) >= 11 is 5.34. The third-order valence-corrected chi connectivity index (χ3v) is 1.74. The fourth-order valence-electron chi connectivity index (χ4n) is 0.985. The van der Waals surface area contributed by atoms with E-state index in [0.717, 1.165) is 0 Å². The maximum Gasteiger partial charge on any atom is 0.258 e. The molecule has 0 spiro atoms. The van der Waals surface area contributed by atoms with Crippen LogP contribution in [0, 0.1) is 0 Å². The smallest absolute Gasteiger partial charge is 0.258 e. The molecular formula is C8H10ClN2O2+. The third kappa shape index (κ3) is 2.42. The van der Waals surface area contributed by atoms with Crippen molar-refractivity contribution in [1.82, 2.24) is 0 Å². The number of hydrogen-bond donors (Lipinski definition) is 2. The molecule has 0 radical (unpaired) electrons. The molecule has 0 heterocycles. The molecule has 70 valence electrons. The summed E-state index contributed by atoms with van der Waals surface area (Å²) in [6.45, 7) is 0. The Kier molecular flexibility index (Phi) is 3.25. The molecule has 0 fully saturated rings. The summed E-state index contributed by atoms with van der Waals surface area (Å²) in [5, 5.41) is -0.525. The van der Waals surface area contributed by atoms with E-state index in [1.54, 1.807) is 18.2 Å². The first-order chi connectivity index (χ1) is 6.15. The van der Waals surface area contributed by atoms with Crippen molar-refractivity contribution in [1.29, 1.82) is 0 Å². The molecule has 0 aliphatic rings. The average molecular weight is 202 g/mol. The minimum absolute atomic E-state index is 0.387. The summed E-state index contributed by atoms with van der Waals surface area (Å²) in [6.07, 6.45) is 0. The summed E-state index contributed by atoms with van der Waals surface area (Å²) in [4.78, 5) is 15.7. The molecule has 0 saturated carbocycles. The maximum absolute atomic E-state index is 10.9. The second kappa shape index (κ2) is 4.23. The maximum atomic E-state index is 10.9. The molecule has 4 nitrogen and oxygen atoms in total. The van der Waals surface area contributed by atoms with E-state index >= 15 is 0 Å². The van der Waals surface area contributed by atoms with Crippen molar-refractivity contribution < 1.29 is 15.1 Å². The predicted octanol–water partition coefficient (Wildman–Crippen LogP) is 0.404. The molecule has 1 rings (SSSR count). The average Bonchev–Trinajstić information content (AvgIpc) is 2.04. The van der Waals surface area contributed by atoms with Gasteiger partial charge in [0, 0.05) is 11.8 Å². The zero-order chi connectivity index (χ0) is 9.84. The number of halogens is 1. The SMILES string of the molecule is CO[NH2+]c1cc(N)ccc1C(=O)Cl. The molecule has 0 aliphatic carbocycles. The molecule has 1 aromatic carbocycles. The van der Waals surface area contributed by atoms with Crippen LogP contribution in [-0.2, 0) is 4.84 Å². The number of nitrogen functional groups attached to an aromatic ring is 1. The molecule has 0 aromatic heterocycles. The third-order valence-electron chi connectivity index (χ3n) is 1.53. The van der Waals surface area contributed by atoms with E-state index in [2.05, 4.69) is 0 Å². The van der Waals surface area contributed by atoms with Crippen molar-refractivity contribution >= 4 is 28.2 Å². The van der Waals surface area contributed by atoms with Crippen molar-refractivity contribution in [3.8, 4) is 0 Å². The summed E-state index contributed by atoms with van der Waals surface area (Å²) < 4.78 is 0. The van der Waals surface area contributed by atoms with Gasteiger partial charge in [-0.1, -0.05) is 0 Å². The Morgan fingerprint density at radius 2 is 2.31 bits per heavy atom. The van der Waals surface area contributed by atoms with Crippen LogP contribution in [0.15, 0.2) is 18.2 Å². The minimum Gasteiger partial charge on any atom is -0.399 e. The Hall–Kier alpha value is -1.10. The van der Waals surface area contributed by atoms with Crippen LogP contribution in [0.4, 0.5) is 11.4 Å². The zero-order valence-corrected chi connectivity index (χ0v) is 7.84. The van der Waals surface area contributed by atoms with Crippen LogP contribution in [0.25, 0.3) is 0 Å². The number of nitrogens with two attached hydrogens (primary N) is 2. The molecule has 0 saturated heterocycles. The van der Waals surface area contributed by atoms with Gasteiger partial charge in [0.1, 0.15) is 0 Å². The van der Waals surface area contributed by atoms with Crippen molar-refractivity contribution in [3.05, 3.63) is 23.8 Å². The van der Waals surface area contributed by atoms with E-state index < -0.39 is 5.24 Å². The monoisotopic (exact) mass is 201 g/mol. The Morgan fingerprint density at radius 1 is 1.62 bits per heavy atom. The quantitative estimate of drug-likeness (QED) is 0.423. The molecule has 4 N–H and O–H groups in total. The number of quaternary nitrogens is 1. The Labute approximate surface area is 80.6 Å². The summed E-state index contributed by atoms with van der Waals surface area (Å²) in [6, 6.07) is 4.80. The highest BCUT2D eigenvalue weighted by molar-refractivity contribution is 6.68. The molecule has 13 heavy (non-hydrogen) atoms. The number of carbonyl (C=O) groups is 1. The molecule has 5 heteroatoms. The second-order valence-electron chi connectivity index (χ2n) is 2.47. The standard InChI is InChI=1S/C8H9ClN2O2/c1-13-11-7-4-5(10)2-3-6(7)8(9)12/h2-4,11H,10H2,1H3/p+1. The lowest BCUT2D eigenvalue weighted by Gasteiger charge is -2.02. The Balaban J connectivity index is 3.10. The van der Waals surface area contributed by atoms with Crippen molar-refractivity contribution in [2.75, 3.05) is 12.8 Å². The van der Waals surface area contributed by atoms with E-state index in [0.29, 0.717) is 16.9 Å². The van der Waals surface area contributed by atoms with Gasteiger partial charge in [0.15, 0.2) is 5.69 Å². The van der Waals surface area contributed by atoms with E-state index in [4.69, 9.17) is 22.2 Å². The molecule has 0 aliphatic heterocycles. The Morgan fingerprint density at radius 3 is 2.85 bits per heavy atom. The molecule has 0 unspecified atom stereocenters. The molecule has 0 amide bonds. The van der Waals surface area contributed by atoms with Crippen molar-refractivity contribution in [2.24, 2.45) is 0 Å². The van der Waals surface area contributed by atoms with E-state index in [9.17, 15) is 4.79 Å². The number of anilines is 1. The van der Waals surface area contributed by atoms with Crippen LogP contribution in [0.5, 0.6) is 0 Å². The first-order valence-corrected chi connectivity index (χ1v) is 3.98. The fourth-order valence-corrected chi connectivity index (χ4v) is 1.16. The van der Waals surface area contributed by atoms with Gasteiger partial charge in [-0.3, -0.25) is 4.79 Å².